The molecular weight excluding hydrogens is 337 g/mol. The first-order valence-electron chi connectivity index (χ1n) is 8.81. The van der Waals surface area contributed by atoms with Gasteiger partial charge in [-0.05, 0) is 44.0 Å². The molecule has 1 amide bonds. The molecule has 0 spiro atoms. The summed E-state index contributed by atoms with van der Waals surface area (Å²) in [7, 11) is 0. The summed E-state index contributed by atoms with van der Waals surface area (Å²) in [6, 6.07) is 9.86. The van der Waals surface area contributed by atoms with E-state index in [0.717, 1.165) is 0 Å². The van der Waals surface area contributed by atoms with Crippen molar-refractivity contribution in [2.24, 2.45) is 5.92 Å². The highest BCUT2D eigenvalue weighted by atomic mass is 19.1. The van der Waals surface area contributed by atoms with Crippen LogP contribution in [-0.2, 0) is 16.0 Å². The van der Waals surface area contributed by atoms with Gasteiger partial charge in [0.1, 0.15) is 17.3 Å². The van der Waals surface area contributed by atoms with E-state index < -0.39 is 11.9 Å². The molecule has 5 nitrogen and oxygen atoms in total. The van der Waals surface area contributed by atoms with Crippen molar-refractivity contribution in [3.8, 4) is 11.3 Å². The zero-order valence-corrected chi connectivity index (χ0v) is 14.7. The molecule has 1 fully saturated rings. The van der Waals surface area contributed by atoms with Crippen molar-refractivity contribution < 1.29 is 23.5 Å². The van der Waals surface area contributed by atoms with E-state index in [1.165, 1.54) is 6.07 Å². The molecule has 1 aromatic carbocycles. The molecule has 0 aliphatic carbocycles. The zero-order chi connectivity index (χ0) is 18.7. The second-order valence-electron chi connectivity index (χ2n) is 6.75. The lowest BCUT2D eigenvalue weighted by Gasteiger charge is -2.36. The maximum absolute atomic E-state index is 13.8. The number of carbonyl (C=O) groups excluding carboxylic acids is 1. The Morgan fingerprint density at radius 2 is 2.00 bits per heavy atom. The third-order valence-electron chi connectivity index (χ3n) is 4.94. The Morgan fingerprint density at radius 3 is 2.73 bits per heavy atom. The number of piperidine rings is 1. The number of carbonyl (C=O) groups is 2. The fraction of sp³-hybridized carbons (Fsp3) is 0.400. The largest absolute Gasteiger partial charge is 0.481 e. The number of halogens is 1. The third-order valence-corrected chi connectivity index (χ3v) is 4.94. The van der Waals surface area contributed by atoms with E-state index in [-0.39, 0.29) is 30.7 Å². The second kappa shape index (κ2) is 7.72. The molecule has 1 saturated heterocycles. The predicted molar refractivity (Wildman–Crippen MR) is 94.0 cm³/mol. The average Bonchev–Trinajstić information content (AvgIpc) is 3.09. The Bertz CT molecular complexity index is 801. The van der Waals surface area contributed by atoms with Gasteiger partial charge in [-0.3, -0.25) is 9.59 Å². The van der Waals surface area contributed by atoms with E-state index in [1.54, 1.807) is 35.2 Å². The third kappa shape index (κ3) is 3.95. The molecule has 0 bridgehead atoms. The van der Waals surface area contributed by atoms with Gasteiger partial charge >= 0.3 is 5.97 Å². The fourth-order valence-electron chi connectivity index (χ4n) is 3.35. The molecule has 26 heavy (non-hydrogen) atoms. The van der Waals surface area contributed by atoms with Crippen molar-refractivity contribution in [3.63, 3.8) is 0 Å². The minimum atomic E-state index is -0.852. The molecule has 6 heteroatoms. The second-order valence-corrected chi connectivity index (χ2v) is 6.75. The lowest BCUT2D eigenvalue weighted by Crippen LogP contribution is -2.47. The number of rotatable bonds is 5. The van der Waals surface area contributed by atoms with Gasteiger partial charge in [0.05, 0.1) is 11.5 Å². The van der Waals surface area contributed by atoms with Crippen LogP contribution in [0.5, 0.6) is 0 Å². The maximum atomic E-state index is 13.8. The van der Waals surface area contributed by atoms with Crippen LogP contribution in [-0.4, -0.2) is 34.5 Å². The number of carboxylic acid groups (broad SMARTS) is 1. The van der Waals surface area contributed by atoms with Crippen LogP contribution in [0.1, 0.15) is 31.9 Å². The number of carboxylic acids is 1. The first-order chi connectivity index (χ1) is 12.5. The number of hydrogen-bond acceptors (Lipinski definition) is 3. The van der Waals surface area contributed by atoms with Crippen LogP contribution in [0.4, 0.5) is 4.39 Å². The van der Waals surface area contributed by atoms with E-state index in [9.17, 15) is 19.1 Å². The van der Waals surface area contributed by atoms with E-state index in [1.807, 2.05) is 6.92 Å². The molecule has 1 aliphatic heterocycles. The van der Waals surface area contributed by atoms with Gasteiger partial charge in [-0.1, -0.05) is 12.1 Å². The zero-order valence-electron chi connectivity index (χ0n) is 14.7. The van der Waals surface area contributed by atoms with Crippen LogP contribution >= 0.6 is 0 Å². The highest BCUT2D eigenvalue weighted by molar-refractivity contribution is 5.78. The number of nitrogens with zero attached hydrogens (tertiary/aromatic N) is 1. The monoisotopic (exact) mass is 359 g/mol. The Morgan fingerprint density at radius 1 is 1.23 bits per heavy atom. The number of aliphatic carboxylic acids is 1. The molecule has 2 unspecified atom stereocenters. The summed E-state index contributed by atoms with van der Waals surface area (Å²) in [6.07, 6.45) is 1.93. The van der Waals surface area contributed by atoms with Crippen molar-refractivity contribution in [1.82, 2.24) is 4.90 Å². The van der Waals surface area contributed by atoms with Crippen LogP contribution in [0, 0.1) is 11.7 Å². The standard InChI is InChI=1S/C20H22FNO4/c1-13-6-7-14(20(24)25)12-22(13)19(23)11-9-15-8-10-18(26-15)16-4-2-3-5-17(16)21/h2-5,8,10,13-14H,6-7,9,11-12H2,1H3,(H,24,25). The van der Waals surface area contributed by atoms with Crippen molar-refractivity contribution in [3.05, 3.63) is 48.0 Å². The summed E-state index contributed by atoms with van der Waals surface area (Å²) in [4.78, 5) is 25.4. The number of amides is 1. The number of benzene rings is 1. The first kappa shape index (κ1) is 18.2. The van der Waals surface area contributed by atoms with Crippen molar-refractivity contribution in [1.29, 1.82) is 0 Å². The summed E-state index contributed by atoms with van der Waals surface area (Å²) < 4.78 is 19.5. The van der Waals surface area contributed by atoms with Gasteiger partial charge < -0.3 is 14.4 Å². The number of likely N-dealkylation sites (tertiary alicyclic amines) is 1. The summed E-state index contributed by atoms with van der Waals surface area (Å²) in [5.74, 6) is -0.737. The summed E-state index contributed by atoms with van der Waals surface area (Å²) in [5, 5.41) is 9.18. The number of furan rings is 1. The lowest BCUT2D eigenvalue weighted by molar-refractivity contribution is -0.147. The SMILES string of the molecule is CC1CCC(C(=O)O)CN1C(=O)CCc1ccc(-c2ccccc2F)o1. The Kier molecular flexibility index (Phi) is 5.40. The molecule has 0 radical (unpaired) electrons. The topological polar surface area (TPSA) is 70.8 Å². The number of aryl methyl sites for hydroxylation is 1. The maximum Gasteiger partial charge on any atom is 0.308 e. The van der Waals surface area contributed by atoms with Crippen LogP contribution in [0.3, 0.4) is 0 Å². The fourth-order valence-corrected chi connectivity index (χ4v) is 3.35. The van der Waals surface area contributed by atoms with Crippen LogP contribution in [0.15, 0.2) is 40.8 Å². The highest BCUT2D eigenvalue weighted by Gasteiger charge is 2.32. The minimum Gasteiger partial charge on any atom is -0.481 e. The van der Waals surface area contributed by atoms with Crippen LogP contribution in [0.25, 0.3) is 11.3 Å². The summed E-state index contributed by atoms with van der Waals surface area (Å²) >= 11 is 0. The van der Waals surface area contributed by atoms with Crippen LogP contribution < -0.4 is 0 Å². The molecule has 3 rings (SSSR count). The molecule has 1 aromatic heterocycles. The lowest BCUT2D eigenvalue weighted by atomic mass is 9.93. The van der Waals surface area contributed by atoms with Gasteiger partial charge in [0.15, 0.2) is 0 Å². The van der Waals surface area contributed by atoms with Gasteiger partial charge in [0.2, 0.25) is 5.91 Å². The molecule has 1 N–H and O–H groups in total. The van der Waals surface area contributed by atoms with Gasteiger partial charge in [-0.15, -0.1) is 0 Å². The quantitative estimate of drug-likeness (QED) is 0.883. The van der Waals surface area contributed by atoms with Gasteiger partial charge in [-0.2, -0.15) is 0 Å². The van der Waals surface area contributed by atoms with Crippen LogP contribution in [0.2, 0.25) is 0 Å². The first-order valence-corrected chi connectivity index (χ1v) is 8.81. The summed E-state index contributed by atoms with van der Waals surface area (Å²) in [6.45, 7) is 2.20. The van der Waals surface area contributed by atoms with E-state index in [4.69, 9.17) is 4.42 Å². The van der Waals surface area contributed by atoms with Crippen molar-refractivity contribution in [2.75, 3.05) is 6.54 Å². The van der Waals surface area contributed by atoms with Crippen molar-refractivity contribution in [2.45, 2.75) is 38.6 Å². The Hall–Kier alpha value is -2.63. The van der Waals surface area contributed by atoms with Crippen molar-refractivity contribution >= 4 is 11.9 Å². The Labute approximate surface area is 151 Å². The van der Waals surface area contributed by atoms with Gasteiger partial charge in [0, 0.05) is 25.4 Å². The molecule has 2 atom stereocenters. The Balaban J connectivity index is 1.61. The highest BCUT2D eigenvalue weighted by Crippen LogP contribution is 2.26. The van der Waals surface area contributed by atoms with Gasteiger partial charge in [-0.25, -0.2) is 4.39 Å². The molecule has 2 heterocycles. The average molecular weight is 359 g/mol. The minimum absolute atomic E-state index is 0.0451. The molecule has 0 saturated carbocycles. The molecular formula is C20H22FNO4. The molecule has 1 aliphatic rings. The molecule has 2 aromatic rings. The van der Waals surface area contributed by atoms with E-state index >= 15 is 0 Å². The normalized spacial score (nSPS) is 20.2. The summed E-state index contributed by atoms with van der Waals surface area (Å²) in [5.41, 5.74) is 0.388. The molecule has 138 valence electrons. The van der Waals surface area contributed by atoms with E-state index in [2.05, 4.69) is 0 Å². The predicted octanol–water partition coefficient (Wildman–Crippen LogP) is 3.73. The smallest absolute Gasteiger partial charge is 0.308 e. The number of hydrogen-bond donors (Lipinski definition) is 1. The van der Waals surface area contributed by atoms with E-state index in [0.29, 0.717) is 36.3 Å². The van der Waals surface area contributed by atoms with Gasteiger partial charge in [0.25, 0.3) is 0 Å².